The second-order valence-corrected chi connectivity index (χ2v) is 5.38. The van der Waals surface area contributed by atoms with Crippen LogP contribution in [-0.4, -0.2) is 47.3 Å². The molecule has 0 bridgehead atoms. The van der Waals surface area contributed by atoms with E-state index in [0.717, 1.165) is 26.1 Å². The van der Waals surface area contributed by atoms with Gasteiger partial charge in [0.25, 0.3) is 0 Å². The number of carboxylic acids is 1. The normalized spacial score (nSPS) is 22.4. The summed E-state index contributed by atoms with van der Waals surface area (Å²) in [5.74, 6) is -0.731. The Morgan fingerprint density at radius 1 is 1.50 bits per heavy atom. The van der Waals surface area contributed by atoms with Crippen LogP contribution in [0.1, 0.15) is 40.0 Å². The average Bonchev–Trinajstić information content (AvgIpc) is 2.17. The van der Waals surface area contributed by atoms with Crippen molar-refractivity contribution in [2.45, 2.75) is 51.6 Å². The van der Waals surface area contributed by atoms with E-state index in [1.807, 2.05) is 0 Å². The van der Waals surface area contributed by atoms with Gasteiger partial charge in [0.2, 0.25) is 0 Å². The summed E-state index contributed by atoms with van der Waals surface area (Å²) in [7, 11) is 0. The third kappa shape index (κ3) is 4.10. The number of carboxylic acid groups (broad SMARTS) is 1. The van der Waals surface area contributed by atoms with Gasteiger partial charge in [-0.15, -0.1) is 0 Å². The van der Waals surface area contributed by atoms with Crippen LogP contribution in [0.2, 0.25) is 0 Å². The van der Waals surface area contributed by atoms with Crippen molar-refractivity contribution in [2.24, 2.45) is 0 Å². The highest BCUT2D eigenvalue weighted by Crippen LogP contribution is 2.22. The van der Waals surface area contributed by atoms with E-state index >= 15 is 0 Å². The zero-order valence-electron chi connectivity index (χ0n) is 10.5. The standard InChI is InChI=1S/C12H23NO3/c1-12(2,3)13(7-6-11(14)15)10-5-4-8-16-9-10/h10H,4-9H2,1-3H3,(H,14,15). The summed E-state index contributed by atoms with van der Waals surface area (Å²) in [6, 6.07) is 0.369. The van der Waals surface area contributed by atoms with Gasteiger partial charge in [-0.3, -0.25) is 9.69 Å². The molecule has 1 unspecified atom stereocenters. The van der Waals surface area contributed by atoms with Gasteiger partial charge >= 0.3 is 5.97 Å². The molecule has 1 rings (SSSR count). The van der Waals surface area contributed by atoms with Crippen molar-refractivity contribution < 1.29 is 14.6 Å². The van der Waals surface area contributed by atoms with Crippen LogP contribution in [0.3, 0.4) is 0 Å². The Kier molecular flexibility index (Phi) is 4.74. The maximum atomic E-state index is 10.7. The van der Waals surface area contributed by atoms with Gasteiger partial charge in [0.1, 0.15) is 0 Å². The first kappa shape index (κ1) is 13.5. The molecule has 0 aliphatic carbocycles. The molecule has 0 amide bonds. The number of rotatable bonds is 4. The molecule has 16 heavy (non-hydrogen) atoms. The van der Waals surface area contributed by atoms with Crippen molar-refractivity contribution in [3.8, 4) is 0 Å². The fourth-order valence-corrected chi connectivity index (χ4v) is 2.25. The molecule has 1 aliphatic rings. The molecule has 1 N–H and O–H groups in total. The molecule has 1 heterocycles. The Labute approximate surface area is 97.6 Å². The summed E-state index contributed by atoms with van der Waals surface area (Å²) >= 11 is 0. The van der Waals surface area contributed by atoms with Crippen LogP contribution in [-0.2, 0) is 9.53 Å². The lowest BCUT2D eigenvalue weighted by atomic mass is 9.99. The van der Waals surface area contributed by atoms with Crippen LogP contribution in [0, 0.1) is 0 Å². The molecule has 0 aromatic heterocycles. The molecule has 0 spiro atoms. The zero-order chi connectivity index (χ0) is 12.2. The van der Waals surface area contributed by atoms with Gasteiger partial charge in [-0.1, -0.05) is 0 Å². The maximum absolute atomic E-state index is 10.7. The summed E-state index contributed by atoms with van der Waals surface area (Å²) in [6.45, 7) is 8.56. The largest absolute Gasteiger partial charge is 0.481 e. The Morgan fingerprint density at radius 2 is 2.19 bits per heavy atom. The minimum Gasteiger partial charge on any atom is -0.481 e. The molecule has 0 aromatic rings. The molecule has 0 radical (unpaired) electrons. The zero-order valence-corrected chi connectivity index (χ0v) is 10.5. The molecule has 4 nitrogen and oxygen atoms in total. The average molecular weight is 229 g/mol. The SMILES string of the molecule is CC(C)(C)N(CCC(=O)O)C1CCCOC1. The van der Waals surface area contributed by atoms with E-state index in [2.05, 4.69) is 25.7 Å². The lowest BCUT2D eigenvalue weighted by molar-refractivity contribution is -0.138. The van der Waals surface area contributed by atoms with Crippen molar-refractivity contribution in [2.75, 3.05) is 19.8 Å². The number of ether oxygens (including phenoxy) is 1. The van der Waals surface area contributed by atoms with Crippen LogP contribution in [0.4, 0.5) is 0 Å². The lowest BCUT2D eigenvalue weighted by Gasteiger charge is -2.43. The highest BCUT2D eigenvalue weighted by atomic mass is 16.5. The highest BCUT2D eigenvalue weighted by molar-refractivity contribution is 5.66. The third-order valence-electron chi connectivity index (χ3n) is 3.01. The predicted octanol–water partition coefficient (Wildman–Crippen LogP) is 1.74. The lowest BCUT2D eigenvalue weighted by Crippen LogP contribution is -2.52. The summed E-state index contributed by atoms with van der Waals surface area (Å²) < 4.78 is 5.48. The number of hydrogen-bond donors (Lipinski definition) is 1. The Hall–Kier alpha value is -0.610. The number of nitrogens with zero attached hydrogens (tertiary/aromatic N) is 1. The molecule has 0 aromatic carbocycles. The number of aliphatic carboxylic acids is 1. The Morgan fingerprint density at radius 3 is 2.62 bits per heavy atom. The number of hydrogen-bond acceptors (Lipinski definition) is 3. The van der Waals surface area contributed by atoms with E-state index in [-0.39, 0.29) is 12.0 Å². The molecular formula is C12H23NO3. The van der Waals surface area contributed by atoms with Gasteiger partial charge in [-0.25, -0.2) is 0 Å². The summed E-state index contributed by atoms with van der Waals surface area (Å²) in [5.41, 5.74) is 0.000810. The molecule has 1 aliphatic heterocycles. The van der Waals surface area contributed by atoms with Crippen LogP contribution in [0.15, 0.2) is 0 Å². The first-order valence-corrected chi connectivity index (χ1v) is 5.97. The van der Waals surface area contributed by atoms with Gasteiger partial charge in [0, 0.05) is 24.7 Å². The van der Waals surface area contributed by atoms with E-state index in [9.17, 15) is 4.79 Å². The minimum atomic E-state index is -0.731. The summed E-state index contributed by atoms with van der Waals surface area (Å²) in [5, 5.41) is 8.77. The second-order valence-electron chi connectivity index (χ2n) is 5.38. The smallest absolute Gasteiger partial charge is 0.304 e. The van der Waals surface area contributed by atoms with E-state index in [0.29, 0.717) is 12.6 Å². The molecule has 0 saturated carbocycles. The summed E-state index contributed by atoms with van der Waals surface area (Å²) in [6.07, 6.45) is 2.38. The minimum absolute atomic E-state index is 0.000810. The Bertz CT molecular complexity index is 229. The van der Waals surface area contributed by atoms with Crippen molar-refractivity contribution >= 4 is 5.97 Å². The molecule has 1 atom stereocenters. The van der Waals surface area contributed by atoms with Gasteiger partial charge in [0.05, 0.1) is 13.0 Å². The first-order chi connectivity index (χ1) is 7.41. The van der Waals surface area contributed by atoms with Gasteiger partial charge < -0.3 is 9.84 Å². The van der Waals surface area contributed by atoms with Gasteiger partial charge in [-0.05, 0) is 33.6 Å². The van der Waals surface area contributed by atoms with Crippen molar-refractivity contribution in [1.29, 1.82) is 0 Å². The van der Waals surface area contributed by atoms with E-state index < -0.39 is 5.97 Å². The highest BCUT2D eigenvalue weighted by Gasteiger charge is 2.30. The van der Waals surface area contributed by atoms with Crippen molar-refractivity contribution in [1.82, 2.24) is 4.90 Å². The maximum Gasteiger partial charge on any atom is 0.304 e. The van der Waals surface area contributed by atoms with E-state index in [1.165, 1.54) is 0 Å². The molecule has 1 fully saturated rings. The van der Waals surface area contributed by atoms with Gasteiger partial charge in [-0.2, -0.15) is 0 Å². The van der Waals surface area contributed by atoms with Gasteiger partial charge in [0.15, 0.2) is 0 Å². The fourth-order valence-electron chi connectivity index (χ4n) is 2.25. The first-order valence-electron chi connectivity index (χ1n) is 5.97. The van der Waals surface area contributed by atoms with E-state index in [4.69, 9.17) is 9.84 Å². The van der Waals surface area contributed by atoms with Crippen molar-refractivity contribution in [3.63, 3.8) is 0 Å². The summed E-state index contributed by atoms with van der Waals surface area (Å²) in [4.78, 5) is 12.9. The molecule has 94 valence electrons. The second kappa shape index (κ2) is 5.64. The van der Waals surface area contributed by atoms with Crippen LogP contribution < -0.4 is 0 Å². The predicted molar refractivity (Wildman–Crippen MR) is 62.6 cm³/mol. The molecular weight excluding hydrogens is 206 g/mol. The molecule has 1 saturated heterocycles. The van der Waals surface area contributed by atoms with Crippen molar-refractivity contribution in [3.05, 3.63) is 0 Å². The monoisotopic (exact) mass is 229 g/mol. The third-order valence-corrected chi connectivity index (χ3v) is 3.01. The quantitative estimate of drug-likeness (QED) is 0.797. The Balaban J connectivity index is 2.58. The number of carbonyl (C=O) groups is 1. The van der Waals surface area contributed by atoms with Crippen LogP contribution >= 0.6 is 0 Å². The molecule has 4 heteroatoms. The van der Waals surface area contributed by atoms with Crippen LogP contribution in [0.25, 0.3) is 0 Å². The van der Waals surface area contributed by atoms with Crippen LogP contribution in [0.5, 0.6) is 0 Å². The van der Waals surface area contributed by atoms with E-state index in [1.54, 1.807) is 0 Å². The topological polar surface area (TPSA) is 49.8 Å². The fraction of sp³-hybridized carbons (Fsp3) is 0.917.